The Kier molecular flexibility index (Phi) is 6.58. The highest BCUT2D eigenvalue weighted by atomic mass is 19.1. The van der Waals surface area contributed by atoms with Crippen LogP contribution in [-0.2, 0) is 0 Å². The lowest BCUT2D eigenvalue weighted by atomic mass is 10.0. The molecule has 6 nitrogen and oxygen atoms in total. The molecule has 146 valence electrons. The van der Waals surface area contributed by atoms with Gasteiger partial charge in [0.1, 0.15) is 5.82 Å². The third kappa shape index (κ3) is 4.93. The largest absolute Gasteiger partial charge is 0.352 e. The molecule has 0 atom stereocenters. The molecule has 0 bridgehead atoms. The van der Waals surface area contributed by atoms with Crippen molar-refractivity contribution in [3.05, 3.63) is 47.5 Å². The number of halogens is 1. The highest BCUT2D eigenvalue weighted by Gasteiger charge is 2.20. The highest BCUT2D eigenvalue weighted by molar-refractivity contribution is 5.95. The lowest BCUT2D eigenvalue weighted by Gasteiger charge is -2.27. The Morgan fingerprint density at radius 1 is 1.26 bits per heavy atom. The molecule has 1 aliphatic heterocycles. The summed E-state index contributed by atoms with van der Waals surface area (Å²) in [6, 6.07) is 6.14. The number of nitrogens with zero attached hydrogens (tertiary/aromatic N) is 3. The predicted octanol–water partition coefficient (Wildman–Crippen LogP) is 2.16. The first-order chi connectivity index (χ1) is 13.1. The first-order valence-corrected chi connectivity index (χ1v) is 9.61. The van der Waals surface area contributed by atoms with Crippen LogP contribution in [-0.4, -0.2) is 59.9 Å². The first-order valence-electron chi connectivity index (χ1n) is 9.61. The van der Waals surface area contributed by atoms with Gasteiger partial charge in [-0.15, -0.1) is 0 Å². The summed E-state index contributed by atoms with van der Waals surface area (Å²) in [5.74, 6) is -0.286. The Morgan fingerprint density at radius 2 is 1.96 bits per heavy atom. The molecule has 2 heterocycles. The number of piperazine rings is 1. The summed E-state index contributed by atoms with van der Waals surface area (Å²) in [6.07, 6.45) is 2.53. The molecule has 1 aromatic heterocycles. The van der Waals surface area contributed by atoms with Gasteiger partial charge in [-0.25, -0.2) is 9.07 Å². The predicted molar refractivity (Wildman–Crippen MR) is 104 cm³/mol. The van der Waals surface area contributed by atoms with Crippen LogP contribution in [0, 0.1) is 5.82 Å². The van der Waals surface area contributed by atoms with Gasteiger partial charge in [-0.3, -0.25) is 4.79 Å². The molecule has 1 aromatic carbocycles. The molecule has 2 aromatic rings. The molecule has 0 aliphatic carbocycles. The summed E-state index contributed by atoms with van der Waals surface area (Å²) in [7, 11) is 0. The van der Waals surface area contributed by atoms with E-state index in [-0.39, 0.29) is 17.6 Å². The monoisotopic (exact) mass is 373 g/mol. The van der Waals surface area contributed by atoms with Gasteiger partial charge in [0.05, 0.1) is 23.1 Å². The standard InChI is InChI=1S/C20H28FN5O/c1-15(2)19-18(14-24-26(19)17-6-4-16(21)5-7-17)20(27)23-8-3-11-25-12-9-22-10-13-25/h4-7,14-15,22H,3,8-13H2,1-2H3,(H,23,27). The van der Waals surface area contributed by atoms with Gasteiger partial charge in [-0.2, -0.15) is 5.10 Å². The van der Waals surface area contributed by atoms with Crippen LogP contribution >= 0.6 is 0 Å². The smallest absolute Gasteiger partial charge is 0.254 e. The van der Waals surface area contributed by atoms with Crippen LogP contribution in [0.4, 0.5) is 4.39 Å². The molecular formula is C20H28FN5O. The van der Waals surface area contributed by atoms with Crippen molar-refractivity contribution in [3.63, 3.8) is 0 Å². The summed E-state index contributed by atoms with van der Waals surface area (Å²) in [4.78, 5) is 15.1. The minimum Gasteiger partial charge on any atom is -0.352 e. The average molecular weight is 373 g/mol. The zero-order chi connectivity index (χ0) is 19.2. The van der Waals surface area contributed by atoms with Gasteiger partial charge in [-0.05, 0) is 43.1 Å². The summed E-state index contributed by atoms with van der Waals surface area (Å²) in [5, 5.41) is 10.7. The molecule has 1 fully saturated rings. The SMILES string of the molecule is CC(C)c1c(C(=O)NCCCN2CCNCC2)cnn1-c1ccc(F)cc1. The van der Waals surface area contributed by atoms with Gasteiger partial charge in [0.2, 0.25) is 0 Å². The Balaban J connectivity index is 1.63. The molecule has 1 saturated heterocycles. The third-order valence-corrected chi connectivity index (χ3v) is 4.82. The van der Waals surface area contributed by atoms with Crippen LogP contribution in [0.2, 0.25) is 0 Å². The Morgan fingerprint density at radius 3 is 2.63 bits per heavy atom. The Bertz CT molecular complexity index is 750. The topological polar surface area (TPSA) is 62.2 Å². The maximum absolute atomic E-state index is 13.2. The number of aromatic nitrogens is 2. The van der Waals surface area contributed by atoms with Crippen molar-refractivity contribution in [2.24, 2.45) is 0 Å². The van der Waals surface area contributed by atoms with Crippen LogP contribution in [0.15, 0.2) is 30.5 Å². The molecule has 0 radical (unpaired) electrons. The van der Waals surface area contributed by atoms with E-state index in [1.165, 1.54) is 12.1 Å². The van der Waals surface area contributed by atoms with E-state index in [0.717, 1.165) is 50.5 Å². The van der Waals surface area contributed by atoms with Crippen LogP contribution in [0.3, 0.4) is 0 Å². The van der Waals surface area contributed by atoms with Crippen molar-refractivity contribution in [2.75, 3.05) is 39.3 Å². The molecule has 1 aliphatic rings. The van der Waals surface area contributed by atoms with Gasteiger partial charge in [0.15, 0.2) is 0 Å². The molecule has 27 heavy (non-hydrogen) atoms. The minimum absolute atomic E-state index is 0.104. The van der Waals surface area contributed by atoms with E-state index < -0.39 is 0 Å². The van der Waals surface area contributed by atoms with Crippen molar-refractivity contribution in [3.8, 4) is 5.69 Å². The zero-order valence-electron chi connectivity index (χ0n) is 16.0. The quantitative estimate of drug-likeness (QED) is 0.730. The summed E-state index contributed by atoms with van der Waals surface area (Å²) in [5.41, 5.74) is 2.16. The van der Waals surface area contributed by atoms with Gasteiger partial charge in [0, 0.05) is 32.7 Å². The van der Waals surface area contributed by atoms with Gasteiger partial charge in [-0.1, -0.05) is 13.8 Å². The van der Waals surface area contributed by atoms with Gasteiger partial charge >= 0.3 is 0 Å². The number of amides is 1. The average Bonchev–Trinajstić information content (AvgIpc) is 3.12. The summed E-state index contributed by atoms with van der Waals surface area (Å²) < 4.78 is 14.9. The minimum atomic E-state index is -0.292. The van der Waals surface area contributed by atoms with E-state index in [9.17, 15) is 9.18 Å². The number of rotatable bonds is 7. The number of hydrogen-bond acceptors (Lipinski definition) is 4. The lowest BCUT2D eigenvalue weighted by molar-refractivity contribution is 0.0950. The van der Waals surface area contributed by atoms with E-state index in [0.29, 0.717) is 12.1 Å². The zero-order valence-corrected chi connectivity index (χ0v) is 16.0. The summed E-state index contributed by atoms with van der Waals surface area (Å²) >= 11 is 0. The van der Waals surface area contributed by atoms with Crippen LogP contribution in [0.1, 0.15) is 42.2 Å². The number of hydrogen-bond donors (Lipinski definition) is 2. The van der Waals surface area contributed by atoms with Crippen LogP contribution in [0.25, 0.3) is 5.69 Å². The normalized spacial score (nSPS) is 15.3. The van der Waals surface area contributed by atoms with Gasteiger partial charge < -0.3 is 15.5 Å². The van der Waals surface area contributed by atoms with Crippen molar-refractivity contribution in [1.82, 2.24) is 25.3 Å². The molecule has 1 amide bonds. The van der Waals surface area contributed by atoms with E-state index in [1.54, 1.807) is 23.0 Å². The fraction of sp³-hybridized carbons (Fsp3) is 0.500. The van der Waals surface area contributed by atoms with E-state index in [1.807, 2.05) is 13.8 Å². The van der Waals surface area contributed by atoms with Crippen molar-refractivity contribution >= 4 is 5.91 Å². The fourth-order valence-electron chi connectivity index (χ4n) is 3.41. The van der Waals surface area contributed by atoms with Gasteiger partial charge in [0.25, 0.3) is 5.91 Å². The second kappa shape index (κ2) is 9.10. The molecule has 0 unspecified atom stereocenters. The molecule has 2 N–H and O–H groups in total. The number of carbonyl (C=O) groups is 1. The second-order valence-electron chi connectivity index (χ2n) is 7.19. The second-order valence-corrected chi connectivity index (χ2v) is 7.19. The molecular weight excluding hydrogens is 345 g/mol. The number of nitrogens with one attached hydrogen (secondary N) is 2. The maximum atomic E-state index is 13.2. The van der Waals surface area contributed by atoms with E-state index in [4.69, 9.17) is 0 Å². The highest BCUT2D eigenvalue weighted by Crippen LogP contribution is 2.23. The number of benzene rings is 1. The third-order valence-electron chi connectivity index (χ3n) is 4.82. The van der Waals surface area contributed by atoms with E-state index >= 15 is 0 Å². The molecule has 3 rings (SSSR count). The van der Waals surface area contributed by atoms with Crippen molar-refractivity contribution in [2.45, 2.75) is 26.2 Å². The van der Waals surface area contributed by atoms with Crippen LogP contribution in [0.5, 0.6) is 0 Å². The Hall–Kier alpha value is -2.25. The van der Waals surface area contributed by atoms with E-state index in [2.05, 4.69) is 20.6 Å². The Labute approximate surface area is 159 Å². The first kappa shape index (κ1) is 19.5. The molecule has 0 saturated carbocycles. The molecule has 7 heteroatoms. The van der Waals surface area contributed by atoms with Crippen LogP contribution < -0.4 is 10.6 Å². The summed E-state index contributed by atoms with van der Waals surface area (Å²) in [6.45, 7) is 9.89. The molecule has 0 spiro atoms. The van der Waals surface area contributed by atoms with Crippen molar-refractivity contribution in [1.29, 1.82) is 0 Å². The number of carbonyl (C=O) groups excluding carboxylic acids is 1. The lowest BCUT2D eigenvalue weighted by Crippen LogP contribution is -2.44. The fourth-order valence-corrected chi connectivity index (χ4v) is 3.41. The van der Waals surface area contributed by atoms with Crippen molar-refractivity contribution < 1.29 is 9.18 Å². The maximum Gasteiger partial charge on any atom is 0.254 e.